The predicted octanol–water partition coefficient (Wildman–Crippen LogP) is 2.50. The Morgan fingerprint density at radius 2 is 2.12 bits per heavy atom. The molecule has 0 bridgehead atoms. The number of aromatic nitrogens is 3. The van der Waals surface area contributed by atoms with Crippen LogP contribution in [0.25, 0.3) is 0 Å². The van der Waals surface area contributed by atoms with E-state index in [1.807, 2.05) is 20.9 Å². The van der Waals surface area contributed by atoms with E-state index in [4.69, 9.17) is 16.1 Å². The standard InChI is InChI=1S/C10H11ClN4O/c1-6-7(2)14-16-9(6)15(3)8-4-5-12-10(11)13-8/h4-5H,1-3H3. The molecule has 2 rings (SSSR count). The van der Waals surface area contributed by atoms with E-state index in [1.165, 1.54) is 0 Å². The van der Waals surface area contributed by atoms with Crippen LogP contribution in [0.5, 0.6) is 0 Å². The van der Waals surface area contributed by atoms with Gasteiger partial charge < -0.3 is 4.52 Å². The van der Waals surface area contributed by atoms with E-state index in [9.17, 15) is 0 Å². The van der Waals surface area contributed by atoms with E-state index < -0.39 is 0 Å². The molecule has 0 radical (unpaired) electrons. The molecule has 0 saturated carbocycles. The van der Waals surface area contributed by atoms with Crippen LogP contribution in [-0.2, 0) is 0 Å². The highest BCUT2D eigenvalue weighted by molar-refractivity contribution is 6.28. The van der Waals surface area contributed by atoms with Crippen molar-refractivity contribution in [2.24, 2.45) is 0 Å². The predicted molar refractivity (Wildman–Crippen MR) is 61.1 cm³/mol. The van der Waals surface area contributed by atoms with E-state index in [2.05, 4.69) is 15.1 Å². The lowest BCUT2D eigenvalue weighted by atomic mass is 10.3. The van der Waals surface area contributed by atoms with Gasteiger partial charge in [0.1, 0.15) is 5.82 Å². The fourth-order valence-corrected chi connectivity index (χ4v) is 1.48. The van der Waals surface area contributed by atoms with Crippen molar-refractivity contribution in [1.29, 1.82) is 0 Å². The van der Waals surface area contributed by atoms with E-state index in [-0.39, 0.29) is 5.28 Å². The van der Waals surface area contributed by atoms with Gasteiger partial charge in [-0.3, -0.25) is 4.90 Å². The Hall–Kier alpha value is -1.62. The van der Waals surface area contributed by atoms with Gasteiger partial charge in [-0.05, 0) is 31.5 Å². The topological polar surface area (TPSA) is 55.1 Å². The smallest absolute Gasteiger partial charge is 0.235 e. The molecule has 84 valence electrons. The van der Waals surface area contributed by atoms with Crippen LogP contribution < -0.4 is 4.90 Å². The van der Waals surface area contributed by atoms with Gasteiger partial charge in [0.2, 0.25) is 11.2 Å². The van der Waals surface area contributed by atoms with Crippen molar-refractivity contribution in [2.75, 3.05) is 11.9 Å². The first-order valence-electron chi connectivity index (χ1n) is 4.74. The van der Waals surface area contributed by atoms with Gasteiger partial charge in [0.05, 0.1) is 5.69 Å². The lowest BCUT2D eigenvalue weighted by Gasteiger charge is -2.14. The molecule has 0 aromatic carbocycles. The third-order valence-electron chi connectivity index (χ3n) is 2.39. The Morgan fingerprint density at radius 3 is 2.69 bits per heavy atom. The Bertz CT molecular complexity index is 511. The molecule has 2 aromatic rings. The third-order valence-corrected chi connectivity index (χ3v) is 2.57. The summed E-state index contributed by atoms with van der Waals surface area (Å²) >= 11 is 5.73. The summed E-state index contributed by atoms with van der Waals surface area (Å²) in [7, 11) is 1.84. The van der Waals surface area contributed by atoms with Crippen molar-refractivity contribution in [1.82, 2.24) is 15.1 Å². The van der Waals surface area contributed by atoms with Gasteiger partial charge in [-0.1, -0.05) is 5.16 Å². The van der Waals surface area contributed by atoms with Crippen LogP contribution in [0.3, 0.4) is 0 Å². The molecule has 0 unspecified atom stereocenters. The van der Waals surface area contributed by atoms with Crippen molar-refractivity contribution < 1.29 is 4.52 Å². The molecule has 2 heterocycles. The maximum Gasteiger partial charge on any atom is 0.235 e. The van der Waals surface area contributed by atoms with Gasteiger partial charge in [0.15, 0.2) is 0 Å². The largest absolute Gasteiger partial charge is 0.338 e. The van der Waals surface area contributed by atoms with Gasteiger partial charge in [0, 0.05) is 18.8 Å². The number of anilines is 2. The molecule has 5 nitrogen and oxygen atoms in total. The van der Waals surface area contributed by atoms with Crippen LogP contribution >= 0.6 is 11.6 Å². The minimum absolute atomic E-state index is 0.207. The van der Waals surface area contributed by atoms with Crippen LogP contribution in [0.1, 0.15) is 11.3 Å². The highest BCUT2D eigenvalue weighted by Crippen LogP contribution is 2.27. The van der Waals surface area contributed by atoms with Gasteiger partial charge >= 0.3 is 0 Å². The number of aryl methyl sites for hydroxylation is 1. The fraction of sp³-hybridized carbons (Fsp3) is 0.300. The molecule has 0 aliphatic heterocycles. The van der Waals surface area contributed by atoms with Crippen LogP contribution in [0.15, 0.2) is 16.8 Å². The Morgan fingerprint density at radius 1 is 1.38 bits per heavy atom. The zero-order valence-electron chi connectivity index (χ0n) is 9.23. The minimum atomic E-state index is 0.207. The molecule has 16 heavy (non-hydrogen) atoms. The second-order valence-corrected chi connectivity index (χ2v) is 3.78. The molecule has 0 saturated heterocycles. The van der Waals surface area contributed by atoms with E-state index in [1.54, 1.807) is 17.2 Å². The Kier molecular flexibility index (Phi) is 2.78. The highest BCUT2D eigenvalue weighted by atomic mass is 35.5. The summed E-state index contributed by atoms with van der Waals surface area (Å²) in [4.78, 5) is 9.70. The second-order valence-electron chi connectivity index (χ2n) is 3.44. The first-order chi connectivity index (χ1) is 7.59. The molecule has 0 amide bonds. The Balaban J connectivity index is 2.39. The highest BCUT2D eigenvalue weighted by Gasteiger charge is 2.15. The van der Waals surface area contributed by atoms with Crippen molar-refractivity contribution in [3.05, 3.63) is 28.8 Å². The SMILES string of the molecule is Cc1noc(N(C)c2ccnc(Cl)n2)c1C. The molecule has 6 heteroatoms. The van der Waals surface area contributed by atoms with E-state index in [0.717, 1.165) is 11.3 Å². The summed E-state index contributed by atoms with van der Waals surface area (Å²) in [6.45, 7) is 3.84. The van der Waals surface area contributed by atoms with Crippen LogP contribution in [-0.4, -0.2) is 22.2 Å². The summed E-state index contributed by atoms with van der Waals surface area (Å²) < 4.78 is 5.22. The van der Waals surface area contributed by atoms with Crippen molar-refractivity contribution >= 4 is 23.3 Å². The monoisotopic (exact) mass is 238 g/mol. The molecule has 0 aliphatic rings. The quantitative estimate of drug-likeness (QED) is 0.753. The maximum atomic E-state index is 5.73. The van der Waals surface area contributed by atoms with Crippen molar-refractivity contribution in [2.45, 2.75) is 13.8 Å². The summed E-state index contributed by atoms with van der Waals surface area (Å²) in [6, 6.07) is 1.75. The van der Waals surface area contributed by atoms with Crippen LogP contribution in [0.4, 0.5) is 11.7 Å². The molecule has 0 fully saturated rings. The van der Waals surface area contributed by atoms with Crippen molar-refractivity contribution in [3.63, 3.8) is 0 Å². The minimum Gasteiger partial charge on any atom is -0.338 e. The average molecular weight is 239 g/mol. The Labute approximate surface area is 98.1 Å². The summed E-state index contributed by atoms with van der Waals surface area (Å²) in [5.41, 5.74) is 1.85. The molecule has 0 aliphatic carbocycles. The van der Waals surface area contributed by atoms with Gasteiger partial charge in [-0.25, -0.2) is 9.97 Å². The number of halogens is 1. The van der Waals surface area contributed by atoms with E-state index >= 15 is 0 Å². The number of hydrogen-bond acceptors (Lipinski definition) is 5. The van der Waals surface area contributed by atoms with E-state index in [0.29, 0.717) is 11.7 Å². The third kappa shape index (κ3) is 1.86. The van der Waals surface area contributed by atoms with Gasteiger partial charge in [-0.2, -0.15) is 0 Å². The molecule has 2 aromatic heterocycles. The van der Waals surface area contributed by atoms with Crippen LogP contribution in [0, 0.1) is 13.8 Å². The second kappa shape index (κ2) is 4.09. The number of hydrogen-bond donors (Lipinski definition) is 0. The van der Waals surface area contributed by atoms with Crippen LogP contribution in [0.2, 0.25) is 5.28 Å². The molecular formula is C10H11ClN4O. The van der Waals surface area contributed by atoms with Gasteiger partial charge in [0.25, 0.3) is 0 Å². The number of rotatable bonds is 2. The molecular weight excluding hydrogens is 228 g/mol. The lowest BCUT2D eigenvalue weighted by Crippen LogP contribution is -2.11. The normalized spacial score (nSPS) is 10.5. The first kappa shape index (κ1) is 10.9. The first-order valence-corrected chi connectivity index (χ1v) is 5.12. The summed E-state index contributed by atoms with van der Waals surface area (Å²) in [5.74, 6) is 1.33. The molecule has 0 N–H and O–H groups in total. The lowest BCUT2D eigenvalue weighted by molar-refractivity contribution is 0.420. The summed E-state index contributed by atoms with van der Waals surface area (Å²) in [6.07, 6.45) is 1.60. The average Bonchev–Trinajstić information content (AvgIpc) is 2.59. The molecule has 0 spiro atoms. The maximum absolute atomic E-state index is 5.73. The summed E-state index contributed by atoms with van der Waals surface area (Å²) in [5, 5.41) is 4.10. The zero-order valence-corrected chi connectivity index (χ0v) is 9.99. The zero-order chi connectivity index (χ0) is 11.7. The van der Waals surface area contributed by atoms with Crippen molar-refractivity contribution in [3.8, 4) is 0 Å². The number of nitrogens with zero attached hydrogens (tertiary/aromatic N) is 4. The molecule has 0 atom stereocenters. The van der Waals surface area contributed by atoms with Gasteiger partial charge in [-0.15, -0.1) is 0 Å². The fourth-order valence-electron chi connectivity index (χ4n) is 1.33.